The summed E-state index contributed by atoms with van der Waals surface area (Å²) < 4.78 is 6.94. The smallest absolute Gasteiger partial charge is 0.358 e. The van der Waals surface area contributed by atoms with Crippen molar-refractivity contribution in [2.75, 3.05) is 6.61 Å². The molecule has 0 atom stereocenters. The van der Waals surface area contributed by atoms with E-state index in [0.29, 0.717) is 21.3 Å². The van der Waals surface area contributed by atoms with Crippen LogP contribution in [0.4, 0.5) is 0 Å². The second-order valence-electron chi connectivity index (χ2n) is 5.81. The van der Waals surface area contributed by atoms with E-state index >= 15 is 0 Å². The summed E-state index contributed by atoms with van der Waals surface area (Å²) >= 11 is 12.1. The number of aryl methyl sites for hydroxylation is 1. The molecule has 0 amide bonds. The largest absolute Gasteiger partial charge is 0.453 e. The SMILES string of the molecule is Cc1cc(C(=O)COC(=O)c2cnccn2)c(C)n1-c1ccc(Cl)c(Cl)c1. The number of ketones is 1. The average molecular weight is 404 g/mol. The molecule has 3 rings (SSSR count). The molecule has 2 aromatic heterocycles. The van der Waals surface area contributed by atoms with Crippen LogP contribution < -0.4 is 0 Å². The zero-order valence-corrected chi connectivity index (χ0v) is 16.1. The number of halogens is 2. The molecular weight excluding hydrogens is 389 g/mol. The van der Waals surface area contributed by atoms with Crippen molar-refractivity contribution < 1.29 is 14.3 Å². The van der Waals surface area contributed by atoms with Crippen LogP contribution in [0.15, 0.2) is 42.9 Å². The van der Waals surface area contributed by atoms with Crippen molar-refractivity contribution in [3.8, 4) is 5.69 Å². The van der Waals surface area contributed by atoms with Gasteiger partial charge in [-0.3, -0.25) is 9.78 Å². The Kier molecular flexibility index (Phi) is 5.58. The van der Waals surface area contributed by atoms with Crippen LogP contribution in [0.2, 0.25) is 10.0 Å². The van der Waals surface area contributed by atoms with Crippen molar-refractivity contribution in [1.82, 2.24) is 14.5 Å². The minimum absolute atomic E-state index is 0.0478. The Balaban J connectivity index is 1.80. The molecule has 0 aliphatic rings. The molecule has 0 N–H and O–H groups in total. The summed E-state index contributed by atoms with van der Waals surface area (Å²) in [5.41, 5.74) is 2.85. The molecule has 0 aliphatic heterocycles. The Morgan fingerprint density at radius 3 is 2.56 bits per heavy atom. The second kappa shape index (κ2) is 7.90. The number of Topliss-reactive ketones (excluding diaryl/α,β-unsaturated/α-hetero) is 1. The van der Waals surface area contributed by atoms with Crippen molar-refractivity contribution in [3.05, 3.63) is 75.5 Å². The van der Waals surface area contributed by atoms with Gasteiger partial charge in [0.25, 0.3) is 0 Å². The van der Waals surface area contributed by atoms with E-state index in [2.05, 4.69) is 9.97 Å². The Labute approximate surface area is 165 Å². The van der Waals surface area contributed by atoms with E-state index in [4.69, 9.17) is 27.9 Å². The molecular formula is C19H15Cl2N3O3. The molecule has 27 heavy (non-hydrogen) atoms. The molecule has 0 bridgehead atoms. The quantitative estimate of drug-likeness (QED) is 0.470. The summed E-state index contributed by atoms with van der Waals surface area (Å²) in [4.78, 5) is 32.1. The van der Waals surface area contributed by atoms with Gasteiger partial charge in [0, 0.05) is 35.0 Å². The van der Waals surface area contributed by atoms with E-state index in [1.165, 1.54) is 18.6 Å². The van der Waals surface area contributed by atoms with Gasteiger partial charge >= 0.3 is 5.97 Å². The second-order valence-corrected chi connectivity index (χ2v) is 6.62. The third-order valence-corrected chi connectivity index (χ3v) is 4.74. The lowest BCUT2D eigenvalue weighted by Crippen LogP contribution is -2.16. The van der Waals surface area contributed by atoms with Crippen LogP contribution >= 0.6 is 23.2 Å². The summed E-state index contributed by atoms with van der Waals surface area (Å²) in [7, 11) is 0. The first-order valence-corrected chi connectivity index (χ1v) is 8.74. The van der Waals surface area contributed by atoms with Gasteiger partial charge in [-0.1, -0.05) is 23.2 Å². The van der Waals surface area contributed by atoms with Crippen molar-refractivity contribution in [2.45, 2.75) is 13.8 Å². The molecule has 138 valence electrons. The minimum Gasteiger partial charge on any atom is -0.453 e. The number of rotatable bonds is 5. The fourth-order valence-electron chi connectivity index (χ4n) is 2.75. The summed E-state index contributed by atoms with van der Waals surface area (Å²) in [5.74, 6) is -1.01. The monoisotopic (exact) mass is 403 g/mol. The van der Waals surface area contributed by atoms with E-state index < -0.39 is 5.97 Å². The van der Waals surface area contributed by atoms with Crippen LogP contribution in [0.1, 0.15) is 32.2 Å². The summed E-state index contributed by atoms with van der Waals surface area (Å²) in [6.07, 6.45) is 4.10. The lowest BCUT2D eigenvalue weighted by molar-refractivity contribution is 0.0468. The molecule has 0 spiro atoms. The zero-order valence-electron chi connectivity index (χ0n) is 14.6. The number of ether oxygens (including phenoxy) is 1. The molecule has 6 nitrogen and oxygen atoms in total. The number of carbonyl (C=O) groups excluding carboxylic acids is 2. The minimum atomic E-state index is -0.699. The van der Waals surface area contributed by atoms with Gasteiger partial charge in [0.2, 0.25) is 5.78 Å². The maximum Gasteiger partial charge on any atom is 0.358 e. The van der Waals surface area contributed by atoms with E-state index in [9.17, 15) is 9.59 Å². The van der Waals surface area contributed by atoms with Crippen molar-refractivity contribution in [2.24, 2.45) is 0 Å². The molecule has 8 heteroatoms. The topological polar surface area (TPSA) is 74.1 Å². The number of esters is 1. The van der Waals surface area contributed by atoms with Gasteiger partial charge in [0.15, 0.2) is 12.3 Å². The van der Waals surface area contributed by atoms with Crippen LogP contribution in [-0.4, -0.2) is 32.9 Å². The maximum absolute atomic E-state index is 12.5. The molecule has 0 radical (unpaired) electrons. The van der Waals surface area contributed by atoms with E-state index in [-0.39, 0.29) is 18.1 Å². The van der Waals surface area contributed by atoms with Gasteiger partial charge in [0.1, 0.15) is 0 Å². The predicted molar refractivity (Wildman–Crippen MR) is 102 cm³/mol. The van der Waals surface area contributed by atoms with E-state index in [1.807, 2.05) is 24.5 Å². The summed E-state index contributed by atoms with van der Waals surface area (Å²) in [5, 5.41) is 0.877. The Hall–Kier alpha value is -2.70. The molecule has 0 saturated heterocycles. The average Bonchev–Trinajstić information content (AvgIpc) is 2.97. The number of nitrogens with zero attached hydrogens (tertiary/aromatic N) is 3. The molecule has 3 aromatic rings. The van der Waals surface area contributed by atoms with Crippen LogP contribution in [0.5, 0.6) is 0 Å². The number of aromatic nitrogens is 3. The number of hydrogen-bond donors (Lipinski definition) is 0. The first-order valence-electron chi connectivity index (χ1n) is 7.99. The van der Waals surface area contributed by atoms with Crippen molar-refractivity contribution in [3.63, 3.8) is 0 Å². The lowest BCUT2D eigenvalue weighted by Gasteiger charge is -2.11. The van der Waals surface area contributed by atoms with Crippen LogP contribution in [0.3, 0.4) is 0 Å². The fourth-order valence-corrected chi connectivity index (χ4v) is 3.05. The summed E-state index contributed by atoms with van der Waals surface area (Å²) in [6.45, 7) is 3.30. The van der Waals surface area contributed by atoms with Crippen LogP contribution in [-0.2, 0) is 4.74 Å². The Morgan fingerprint density at radius 2 is 1.89 bits per heavy atom. The highest BCUT2D eigenvalue weighted by molar-refractivity contribution is 6.42. The van der Waals surface area contributed by atoms with Gasteiger partial charge < -0.3 is 9.30 Å². The summed E-state index contributed by atoms with van der Waals surface area (Å²) in [6, 6.07) is 6.99. The predicted octanol–water partition coefficient (Wildman–Crippen LogP) is 4.23. The molecule has 0 aliphatic carbocycles. The molecule has 0 unspecified atom stereocenters. The molecule has 0 fully saturated rings. The first-order chi connectivity index (χ1) is 12.9. The molecule has 1 aromatic carbocycles. The van der Waals surface area contributed by atoms with Gasteiger partial charge in [-0.2, -0.15) is 0 Å². The molecule has 2 heterocycles. The van der Waals surface area contributed by atoms with Gasteiger partial charge in [-0.05, 0) is 38.1 Å². The van der Waals surface area contributed by atoms with Crippen molar-refractivity contribution in [1.29, 1.82) is 0 Å². The fraction of sp³-hybridized carbons (Fsp3) is 0.158. The lowest BCUT2D eigenvalue weighted by atomic mass is 10.1. The van der Waals surface area contributed by atoms with Crippen LogP contribution in [0, 0.1) is 13.8 Å². The van der Waals surface area contributed by atoms with Crippen molar-refractivity contribution >= 4 is 35.0 Å². The maximum atomic E-state index is 12.5. The molecule has 0 saturated carbocycles. The Bertz CT molecular complexity index is 1020. The van der Waals surface area contributed by atoms with Gasteiger partial charge in [-0.15, -0.1) is 0 Å². The van der Waals surface area contributed by atoms with E-state index in [1.54, 1.807) is 18.2 Å². The third-order valence-electron chi connectivity index (χ3n) is 4.00. The van der Waals surface area contributed by atoms with Crippen LogP contribution in [0.25, 0.3) is 5.69 Å². The normalized spacial score (nSPS) is 10.7. The van der Waals surface area contributed by atoms with Gasteiger partial charge in [-0.25, -0.2) is 9.78 Å². The number of hydrogen-bond acceptors (Lipinski definition) is 5. The highest BCUT2D eigenvalue weighted by Gasteiger charge is 2.19. The zero-order chi connectivity index (χ0) is 19.6. The van der Waals surface area contributed by atoms with E-state index in [0.717, 1.165) is 11.4 Å². The number of carbonyl (C=O) groups is 2. The number of benzene rings is 1. The van der Waals surface area contributed by atoms with Gasteiger partial charge in [0.05, 0.1) is 16.2 Å². The standard InChI is InChI=1S/C19H15Cl2N3O3/c1-11-7-14(12(2)24(11)13-3-4-15(20)16(21)8-13)18(25)10-27-19(26)17-9-22-5-6-23-17/h3-9H,10H2,1-2H3. The highest BCUT2D eigenvalue weighted by atomic mass is 35.5. The first kappa shape index (κ1) is 19.1. The third kappa shape index (κ3) is 4.02. The Morgan fingerprint density at radius 1 is 1.11 bits per heavy atom. The highest BCUT2D eigenvalue weighted by Crippen LogP contribution is 2.27.